The number of nitriles is 1. The summed E-state index contributed by atoms with van der Waals surface area (Å²) in [5.41, 5.74) is 7.45. The summed E-state index contributed by atoms with van der Waals surface area (Å²) < 4.78 is 2.12. The SMILES string of the molecule is CC(C)(C)c1cc(-c2nc(-c3ccccc3)c(-c3ccccc3)n2-c2ccc(C#N)cc2)c(O)c(C(C)(C)C)c1. The van der Waals surface area contributed by atoms with Crippen LogP contribution in [0.4, 0.5) is 0 Å². The van der Waals surface area contributed by atoms with Gasteiger partial charge in [0.1, 0.15) is 11.6 Å². The van der Waals surface area contributed by atoms with Crippen molar-refractivity contribution in [3.63, 3.8) is 0 Å². The van der Waals surface area contributed by atoms with E-state index >= 15 is 0 Å². The molecule has 0 radical (unpaired) electrons. The maximum absolute atomic E-state index is 11.9. The number of phenolic OH excluding ortho intramolecular Hbond substituents is 1. The molecule has 0 atom stereocenters. The Labute approximate surface area is 237 Å². The lowest BCUT2D eigenvalue weighted by molar-refractivity contribution is 0.446. The molecule has 1 heterocycles. The Balaban J connectivity index is 1.95. The molecule has 0 amide bonds. The predicted octanol–water partition coefficient (Wildman–Crippen LogP) is 9.05. The van der Waals surface area contributed by atoms with Crippen LogP contribution in [-0.2, 0) is 10.8 Å². The maximum Gasteiger partial charge on any atom is 0.149 e. The smallest absolute Gasteiger partial charge is 0.149 e. The van der Waals surface area contributed by atoms with Crippen LogP contribution in [0, 0.1) is 11.3 Å². The summed E-state index contributed by atoms with van der Waals surface area (Å²) in [4.78, 5) is 5.29. The van der Waals surface area contributed by atoms with Crippen molar-refractivity contribution in [2.24, 2.45) is 0 Å². The predicted molar refractivity (Wildman–Crippen MR) is 164 cm³/mol. The maximum atomic E-state index is 11.9. The van der Waals surface area contributed by atoms with Crippen LogP contribution >= 0.6 is 0 Å². The zero-order valence-corrected chi connectivity index (χ0v) is 24.0. The van der Waals surface area contributed by atoms with Crippen LogP contribution in [0.15, 0.2) is 97.1 Å². The van der Waals surface area contributed by atoms with E-state index in [1.54, 1.807) is 0 Å². The Morgan fingerprint density at radius 2 is 1.30 bits per heavy atom. The summed E-state index contributed by atoms with van der Waals surface area (Å²) in [6.45, 7) is 12.9. The number of rotatable bonds is 4. The Hall–Kier alpha value is -4.62. The topological polar surface area (TPSA) is 61.8 Å². The minimum Gasteiger partial charge on any atom is -0.507 e. The molecule has 0 bridgehead atoms. The highest BCUT2D eigenvalue weighted by molar-refractivity contribution is 5.85. The van der Waals surface area contributed by atoms with Crippen molar-refractivity contribution in [1.82, 2.24) is 9.55 Å². The lowest BCUT2D eigenvalue weighted by Crippen LogP contribution is -2.17. The highest BCUT2D eigenvalue weighted by atomic mass is 16.3. The molecule has 4 aromatic carbocycles. The molecule has 0 spiro atoms. The van der Waals surface area contributed by atoms with E-state index in [4.69, 9.17) is 4.98 Å². The minimum absolute atomic E-state index is 0.140. The van der Waals surface area contributed by atoms with Crippen molar-refractivity contribution in [2.75, 3.05) is 0 Å². The highest BCUT2D eigenvalue weighted by Crippen LogP contribution is 2.45. The standard InChI is InChI=1S/C36H35N3O/c1-35(2,3)27-21-29(33(40)30(22-27)36(4,5)6)34-38-31(25-13-9-7-10-14-25)32(26-15-11-8-12-16-26)39(34)28-19-17-24(23-37)18-20-28/h7-22,40H,1-6H3. The van der Waals surface area contributed by atoms with E-state index in [-0.39, 0.29) is 16.6 Å². The Morgan fingerprint density at radius 1 is 0.725 bits per heavy atom. The zero-order chi connectivity index (χ0) is 28.7. The molecule has 0 aliphatic rings. The molecule has 5 aromatic rings. The molecule has 40 heavy (non-hydrogen) atoms. The molecular formula is C36H35N3O. The molecule has 0 saturated heterocycles. The number of aromatic hydroxyl groups is 1. The number of aromatic nitrogens is 2. The summed E-state index contributed by atoms with van der Waals surface area (Å²) >= 11 is 0. The number of benzene rings is 4. The van der Waals surface area contributed by atoms with Crippen LogP contribution in [0.5, 0.6) is 5.75 Å². The van der Waals surface area contributed by atoms with Crippen LogP contribution in [0.2, 0.25) is 0 Å². The van der Waals surface area contributed by atoms with Gasteiger partial charge in [-0.05, 0) is 46.7 Å². The molecule has 5 rings (SSSR count). The van der Waals surface area contributed by atoms with Gasteiger partial charge in [0.05, 0.1) is 28.6 Å². The molecule has 0 aliphatic heterocycles. The second-order valence-electron chi connectivity index (χ2n) is 12.3. The van der Waals surface area contributed by atoms with Crippen molar-refractivity contribution >= 4 is 0 Å². The van der Waals surface area contributed by atoms with Gasteiger partial charge in [0.15, 0.2) is 0 Å². The monoisotopic (exact) mass is 525 g/mol. The first-order chi connectivity index (χ1) is 19.0. The summed E-state index contributed by atoms with van der Waals surface area (Å²) in [6.07, 6.45) is 0. The van der Waals surface area contributed by atoms with Crippen molar-refractivity contribution in [3.8, 4) is 51.4 Å². The summed E-state index contributed by atoms with van der Waals surface area (Å²) in [5, 5.41) is 21.3. The van der Waals surface area contributed by atoms with Crippen molar-refractivity contribution in [2.45, 2.75) is 52.4 Å². The fraction of sp³-hybridized carbons (Fsp3) is 0.222. The second kappa shape index (κ2) is 10.2. The summed E-state index contributed by atoms with van der Waals surface area (Å²) in [5.74, 6) is 0.885. The van der Waals surface area contributed by atoms with Gasteiger partial charge in [-0.3, -0.25) is 4.57 Å². The average molecular weight is 526 g/mol. The largest absolute Gasteiger partial charge is 0.507 e. The number of hydrogen-bond donors (Lipinski definition) is 1. The molecular weight excluding hydrogens is 490 g/mol. The van der Waals surface area contributed by atoms with Gasteiger partial charge in [-0.1, -0.05) is 108 Å². The third-order valence-corrected chi connectivity index (χ3v) is 7.25. The van der Waals surface area contributed by atoms with Crippen molar-refractivity contribution < 1.29 is 5.11 Å². The van der Waals surface area contributed by atoms with Gasteiger partial charge in [0.25, 0.3) is 0 Å². The summed E-state index contributed by atoms with van der Waals surface area (Å²) in [7, 11) is 0. The third-order valence-electron chi connectivity index (χ3n) is 7.25. The molecule has 1 aromatic heterocycles. The van der Waals surface area contributed by atoms with E-state index in [9.17, 15) is 10.4 Å². The molecule has 0 saturated carbocycles. The van der Waals surface area contributed by atoms with E-state index in [1.807, 2.05) is 60.7 Å². The molecule has 1 N–H and O–H groups in total. The Kier molecular flexibility index (Phi) is 6.85. The van der Waals surface area contributed by atoms with E-state index in [2.05, 4.69) is 88.6 Å². The lowest BCUT2D eigenvalue weighted by Gasteiger charge is -2.27. The average Bonchev–Trinajstić information content (AvgIpc) is 3.33. The summed E-state index contributed by atoms with van der Waals surface area (Å²) in [6, 6.07) is 34.3. The molecule has 0 unspecified atom stereocenters. The van der Waals surface area contributed by atoms with Crippen molar-refractivity contribution in [3.05, 3.63) is 114 Å². The van der Waals surface area contributed by atoms with Gasteiger partial charge < -0.3 is 5.11 Å². The van der Waals surface area contributed by atoms with E-state index in [1.165, 1.54) is 0 Å². The van der Waals surface area contributed by atoms with Gasteiger partial charge in [0, 0.05) is 22.4 Å². The number of nitrogens with zero attached hydrogens (tertiary/aromatic N) is 3. The van der Waals surface area contributed by atoms with Crippen LogP contribution in [0.1, 0.15) is 58.2 Å². The molecule has 0 fully saturated rings. The quantitative estimate of drug-likeness (QED) is 0.255. The third kappa shape index (κ3) is 5.03. The highest BCUT2D eigenvalue weighted by Gasteiger charge is 2.29. The van der Waals surface area contributed by atoms with E-state index in [0.717, 1.165) is 39.3 Å². The Morgan fingerprint density at radius 3 is 1.82 bits per heavy atom. The first-order valence-corrected chi connectivity index (χ1v) is 13.6. The van der Waals surface area contributed by atoms with Gasteiger partial charge in [-0.2, -0.15) is 5.26 Å². The number of hydrogen-bond acceptors (Lipinski definition) is 3. The first-order valence-electron chi connectivity index (χ1n) is 13.6. The molecule has 200 valence electrons. The Bertz CT molecular complexity index is 1690. The normalized spacial score (nSPS) is 11.8. The molecule has 4 nitrogen and oxygen atoms in total. The molecule has 4 heteroatoms. The lowest BCUT2D eigenvalue weighted by atomic mass is 9.79. The fourth-order valence-electron chi connectivity index (χ4n) is 5.01. The van der Waals surface area contributed by atoms with Crippen LogP contribution < -0.4 is 0 Å². The fourth-order valence-corrected chi connectivity index (χ4v) is 5.01. The van der Waals surface area contributed by atoms with E-state index in [0.29, 0.717) is 17.0 Å². The minimum atomic E-state index is -0.281. The van der Waals surface area contributed by atoms with E-state index < -0.39 is 0 Å². The first kappa shape index (κ1) is 27.0. The van der Waals surface area contributed by atoms with Gasteiger partial charge in [-0.25, -0.2) is 4.98 Å². The number of phenols is 1. The second-order valence-corrected chi connectivity index (χ2v) is 12.3. The number of imidazole rings is 1. The van der Waals surface area contributed by atoms with Crippen LogP contribution in [-0.4, -0.2) is 14.7 Å². The van der Waals surface area contributed by atoms with Crippen LogP contribution in [0.3, 0.4) is 0 Å². The zero-order valence-electron chi connectivity index (χ0n) is 24.0. The van der Waals surface area contributed by atoms with Gasteiger partial charge in [0.2, 0.25) is 0 Å². The van der Waals surface area contributed by atoms with Gasteiger partial charge >= 0.3 is 0 Å². The van der Waals surface area contributed by atoms with Crippen LogP contribution in [0.25, 0.3) is 39.6 Å². The van der Waals surface area contributed by atoms with Crippen molar-refractivity contribution in [1.29, 1.82) is 5.26 Å². The molecule has 0 aliphatic carbocycles. The van der Waals surface area contributed by atoms with Gasteiger partial charge in [-0.15, -0.1) is 0 Å².